The number of hydrogen-bond donors (Lipinski definition) is 0. The first-order chi connectivity index (χ1) is 6.86. The minimum atomic E-state index is 0.432. The number of carbonyl (C=O) groups is 1. The summed E-state index contributed by atoms with van der Waals surface area (Å²) in [5.41, 5.74) is 1.64. The molecule has 2 nitrogen and oxygen atoms in total. The fourth-order valence-corrected chi connectivity index (χ4v) is 1.60. The molecule has 2 aromatic rings. The molecule has 0 saturated heterocycles. The molecule has 1 aromatic carbocycles. The van der Waals surface area contributed by atoms with Gasteiger partial charge in [-0.25, -0.2) is 0 Å². The first kappa shape index (κ1) is 8.58. The van der Waals surface area contributed by atoms with Crippen molar-refractivity contribution in [3.8, 4) is 12.3 Å². The highest BCUT2D eigenvalue weighted by molar-refractivity contribution is 5.88. The molecule has 1 heterocycles. The maximum absolute atomic E-state index is 10.8. The number of aldehydes is 1. The fourth-order valence-electron chi connectivity index (χ4n) is 1.60. The lowest BCUT2D eigenvalue weighted by atomic mass is 10.2. The van der Waals surface area contributed by atoms with E-state index in [1.54, 1.807) is 0 Å². The topological polar surface area (TPSA) is 22.0 Å². The van der Waals surface area contributed by atoms with Crippen LogP contribution in [0.25, 0.3) is 10.9 Å². The van der Waals surface area contributed by atoms with Crippen LogP contribution in [0, 0.1) is 12.3 Å². The first-order valence-electron chi connectivity index (χ1n) is 4.33. The van der Waals surface area contributed by atoms with Crippen LogP contribution in [-0.2, 0) is 6.54 Å². The van der Waals surface area contributed by atoms with Crippen LogP contribution >= 0.6 is 0 Å². The molecule has 2 heteroatoms. The van der Waals surface area contributed by atoms with E-state index >= 15 is 0 Å². The summed E-state index contributed by atoms with van der Waals surface area (Å²) in [6.07, 6.45) is 6.08. The van der Waals surface area contributed by atoms with Gasteiger partial charge < -0.3 is 4.57 Å². The van der Waals surface area contributed by atoms with E-state index in [0.29, 0.717) is 12.2 Å². The summed E-state index contributed by atoms with van der Waals surface area (Å²) in [7, 11) is 0. The third kappa shape index (κ3) is 1.20. The molecule has 0 aliphatic heterocycles. The van der Waals surface area contributed by atoms with E-state index in [1.807, 2.05) is 34.9 Å². The van der Waals surface area contributed by atoms with Gasteiger partial charge in [0, 0.05) is 10.9 Å². The number of para-hydroxylation sites is 1. The fraction of sp³-hybridized carbons (Fsp3) is 0.0833. The molecule has 0 unspecified atom stereocenters. The highest BCUT2D eigenvalue weighted by Crippen LogP contribution is 2.18. The van der Waals surface area contributed by atoms with E-state index in [2.05, 4.69) is 5.92 Å². The molecule has 0 bridgehead atoms. The monoisotopic (exact) mass is 183 g/mol. The standard InChI is InChI=1S/C12H9NO/c1-2-7-13-11(9-14)8-10-5-3-4-6-12(10)13/h1,3-6,8-9H,7H2. The van der Waals surface area contributed by atoms with Crippen molar-refractivity contribution in [2.24, 2.45) is 0 Å². The van der Waals surface area contributed by atoms with Crippen LogP contribution in [0.4, 0.5) is 0 Å². The number of aromatic nitrogens is 1. The van der Waals surface area contributed by atoms with Crippen molar-refractivity contribution in [3.63, 3.8) is 0 Å². The highest BCUT2D eigenvalue weighted by Gasteiger charge is 2.05. The Morgan fingerprint density at radius 1 is 1.43 bits per heavy atom. The van der Waals surface area contributed by atoms with Gasteiger partial charge in [-0.1, -0.05) is 24.1 Å². The molecule has 0 saturated carbocycles. The minimum Gasteiger partial charge on any atom is -0.327 e. The molecule has 0 amide bonds. The number of fused-ring (bicyclic) bond motifs is 1. The van der Waals surface area contributed by atoms with Gasteiger partial charge in [0.25, 0.3) is 0 Å². The van der Waals surface area contributed by atoms with E-state index in [9.17, 15) is 4.79 Å². The lowest BCUT2D eigenvalue weighted by Gasteiger charge is -2.01. The first-order valence-corrected chi connectivity index (χ1v) is 4.33. The Kier molecular flexibility index (Phi) is 2.08. The maximum atomic E-state index is 10.8. The van der Waals surface area contributed by atoms with Crippen LogP contribution < -0.4 is 0 Å². The summed E-state index contributed by atoms with van der Waals surface area (Å²) < 4.78 is 1.84. The molecule has 0 spiro atoms. The Balaban J connectivity index is 2.75. The van der Waals surface area contributed by atoms with Gasteiger partial charge >= 0.3 is 0 Å². The van der Waals surface area contributed by atoms with Crippen molar-refractivity contribution < 1.29 is 4.79 Å². The Morgan fingerprint density at radius 2 is 2.21 bits per heavy atom. The number of rotatable bonds is 2. The molecule has 0 radical (unpaired) electrons. The van der Waals surface area contributed by atoms with Crippen molar-refractivity contribution in [3.05, 3.63) is 36.0 Å². The van der Waals surface area contributed by atoms with Gasteiger partial charge in [0.05, 0.1) is 12.2 Å². The number of carbonyl (C=O) groups excluding carboxylic acids is 1. The van der Waals surface area contributed by atoms with Crippen LogP contribution in [0.2, 0.25) is 0 Å². The smallest absolute Gasteiger partial charge is 0.166 e. The third-order valence-corrected chi connectivity index (χ3v) is 2.21. The van der Waals surface area contributed by atoms with E-state index in [-0.39, 0.29) is 0 Å². The largest absolute Gasteiger partial charge is 0.327 e. The predicted molar refractivity (Wildman–Crippen MR) is 56.2 cm³/mol. The number of hydrogen-bond acceptors (Lipinski definition) is 1. The zero-order valence-electron chi connectivity index (χ0n) is 7.60. The SMILES string of the molecule is C#CCn1c(C=O)cc2ccccc21. The quantitative estimate of drug-likeness (QED) is 0.516. The highest BCUT2D eigenvalue weighted by atomic mass is 16.1. The molecule has 2 rings (SSSR count). The van der Waals surface area contributed by atoms with Gasteiger partial charge in [-0.05, 0) is 12.1 Å². The second-order valence-electron chi connectivity index (χ2n) is 3.04. The van der Waals surface area contributed by atoms with E-state index < -0.39 is 0 Å². The molecule has 0 atom stereocenters. The van der Waals surface area contributed by atoms with Gasteiger partial charge in [-0.3, -0.25) is 4.79 Å². The van der Waals surface area contributed by atoms with Crippen molar-refractivity contribution in [2.75, 3.05) is 0 Å². The van der Waals surface area contributed by atoms with Crippen molar-refractivity contribution in [1.82, 2.24) is 4.57 Å². The molecule has 0 aliphatic rings. The lowest BCUT2D eigenvalue weighted by molar-refractivity contribution is 0.111. The normalized spacial score (nSPS) is 9.93. The molecule has 14 heavy (non-hydrogen) atoms. The van der Waals surface area contributed by atoms with Crippen LogP contribution in [0.3, 0.4) is 0 Å². The van der Waals surface area contributed by atoms with Crippen molar-refractivity contribution in [1.29, 1.82) is 0 Å². The van der Waals surface area contributed by atoms with Gasteiger partial charge in [-0.2, -0.15) is 0 Å². The number of terminal acetylenes is 1. The summed E-state index contributed by atoms with van der Waals surface area (Å²) in [5.74, 6) is 2.54. The van der Waals surface area contributed by atoms with Crippen molar-refractivity contribution >= 4 is 17.2 Å². The minimum absolute atomic E-state index is 0.432. The Hall–Kier alpha value is -2.01. The Morgan fingerprint density at radius 3 is 2.93 bits per heavy atom. The van der Waals surface area contributed by atoms with Crippen LogP contribution in [0.5, 0.6) is 0 Å². The number of benzene rings is 1. The molecular formula is C12H9NO. The van der Waals surface area contributed by atoms with E-state index in [1.165, 1.54) is 0 Å². The van der Waals surface area contributed by atoms with Crippen LogP contribution in [0.1, 0.15) is 10.5 Å². The molecule has 0 aliphatic carbocycles. The molecule has 0 N–H and O–H groups in total. The average Bonchev–Trinajstić information content (AvgIpc) is 2.58. The van der Waals surface area contributed by atoms with Gasteiger partial charge in [0.1, 0.15) is 0 Å². The summed E-state index contributed by atoms with van der Waals surface area (Å²) in [6.45, 7) is 0.432. The van der Waals surface area contributed by atoms with E-state index in [0.717, 1.165) is 17.2 Å². The van der Waals surface area contributed by atoms with Gasteiger partial charge in [0.2, 0.25) is 0 Å². The van der Waals surface area contributed by atoms with Crippen LogP contribution in [0.15, 0.2) is 30.3 Å². The molecule has 0 fully saturated rings. The van der Waals surface area contributed by atoms with Gasteiger partial charge in [0.15, 0.2) is 6.29 Å². The summed E-state index contributed by atoms with van der Waals surface area (Å²) >= 11 is 0. The zero-order chi connectivity index (χ0) is 9.97. The Labute approximate surface area is 82.2 Å². The molecule has 1 aromatic heterocycles. The van der Waals surface area contributed by atoms with E-state index in [4.69, 9.17) is 6.42 Å². The maximum Gasteiger partial charge on any atom is 0.166 e. The van der Waals surface area contributed by atoms with Crippen molar-refractivity contribution in [2.45, 2.75) is 6.54 Å². The van der Waals surface area contributed by atoms with Gasteiger partial charge in [-0.15, -0.1) is 6.42 Å². The molecular weight excluding hydrogens is 174 g/mol. The number of nitrogens with zero attached hydrogens (tertiary/aromatic N) is 1. The van der Waals surface area contributed by atoms with Crippen LogP contribution in [-0.4, -0.2) is 10.9 Å². The lowest BCUT2D eigenvalue weighted by Crippen LogP contribution is -1.99. The second kappa shape index (κ2) is 3.39. The summed E-state index contributed by atoms with van der Waals surface area (Å²) in [6, 6.07) is 9.65. The Bertz CT molecular complexity index is 517. The summed E-state index contributed by atoms with van der Waals surface area (Å²) in [4.78, 5) is 10.8. The third-order valence-electron chi connectivity index (χ3n) is 2.21. The average molecular weight is 183 g/mol. The zero-order valence-corrected chi connectivity index (χ0v) is 7.60. The molecule has 68 valence electrons. The second-order valence-corrected chi connectivity index (χ2v) is 3.04. The predicted octanol–water partition coefficient (Wildman–Crippen LogP) is 2.09. The summed E-state index contributed by atoms with van der Waals surface area (Å²) in [5, 5.41) is 1.05.